The van der Waals surface area contributed by atoms with E-state index in [-0.39, 0.29) is 18.4 Å². The summed E-state index contributed by atoms with van der Waals surface area (Å²) in [7, 11) is 0.678. The van der Waals surface area contributed by atoms with Crippen molar-refractivity contribution in [1.82, 2.24) is 34.3 Å². The van der Waals surface area contributed by atoms with Crippen LogP contribution in [0.15, 0.2) is 59.8 Å². The fraction of sp³-hybridized carbons (Fsp3) is 0.400. The van der Waals surface area contributed by atoms with E-state index in [0.717, 1.165) is 74.2 Å². The highest BCUT2D eigenvalue weighted by atomic mass is 32.2. The van der Waals surface area contributed by atoms with Gasteiger partial charge in [-0.1, -0.05) is 24.1 Å². The van der Waals surface area contributed by atoms with Gasteiger partial charge in [0.15, 0.2) is 5.82 Å². The van der Waals surface area contributed by atoms with Crippen LogP contribution < -0.4 is 15.5 Å². The largest absolute Gasteiger partial charge is 0.351 e. The number of anilines is 2. The first-order valence-corrected chi connectivity index (χ1v) is 17.6. The standard InChI is InChI=1S/C35H39N9O3S/c1-3-24-21-36-34(37-22-24)38-28-11-16-43(17-12-28)48(47)29-6-4-5-25(19-29)23-42-14-9-26(10-15-42)27-7-8-30-31(20-27)41(2)40-33(30)44-18-13-32(45)39-35(44)46/h1,4-8,19-22,26,28H,9-18,23H2,2H3,(H,36,37,38)(H,39,45,46). The van der Waals surface area contributed by atoms with E-state index >= 15 is 0 Å². The van der Waals surface area contributed by atoms with Crippen molar-refractivity contribution >= 4 is 45.6 Å². The first-order chi connectivity index (χ1) is 23.3. The van der Waals surface area contributed by atoms with E-state index in [0.29, 0.717) is 29.8 Å². The van der Waals surface area contributed by atoms with Gasteiger partial charge in [0.05, 0.1) is 16.0 Å². The molecule has 2 aromatic carbocycles. The monoisotopic (exact) mass is 665 g/mol. The number of benzene rings is 2. The molecule has 1 unspecified atom stereocenters. The third-order valence-electron chi connectivity index (χ3n) is 9.57. The summed E-state index contributed by atoms with van der Waals surface area (Å²) in [6, 6.07) is 14.4. The predicted octanol–water partition coefficient (Wildman–Crippen LogP) is 3.77. The van der Waals surface area contributed by atoms with Crippen LogP contribution in [0.3, 0.4) is 0 Å². The zero-order valence-electron chi connectivity index (χ0n) is 27.0. The minimum atomic E-state index is -1.21. The molecule has 5 heterocycles. The van der Waals surface area contributed by atoms with Crippen LogP contribution in [-0.4, -0.2) is 83.9 Å². The van der Waals surface area contributed by atoms with Gasteiger partial charge in [0.25, 0.3) is 0 Å². The molecule has 3 amide bonds. The summed E-state index contributed by atoms with van der Waals surface area (Å²) in [4.78, 5) is 37.5. The van der Waals surface area contributed by atoms with Crippen molar-refractivity contribution in [3.05, 3.63) is 71.5 Å². The third kappa shape index (κ3) is 6.82. The molecule has 1 atom stereocenters. The van der Waals surface area contributed by atoms with Gasteiger partial charge in [-0.3, -0.25) is 24.6 Å². The lowest BCUT2D eigenvalue weighted by molar-refractivity contribution is -0.120. The number of amides is 3. The summed E-state index contributed by atoms with van der Waals surface area (Å²) in [5.74, 6) is 3.86. The van der Waals surface area contributed by atoms with Crippen LogP contribution in [-0.2, 0) is 29.4 Å². The van der Waals surface area contributed by atoms with Gasteiger partial charge >= 0.3 is 6.03 Å². The molecule has 248 valence electrons. The number of likely N-dealkylation sites (tertiary alicyclic amines) is 1. The molecular formula is C35H39N9O3S. The molecule has 2 N–H and O–H groups in total. The van der Waals surface area contributed by atoms with E-state index in [2.05, 4.69) is 71.2 Å². The highest BCUT2D eigenvalue weighted by molar-refractivity contribution is 7.82. The zero-order chi connectivity index (χ0) is 33.2. The van der Waals surface area contributed by atoms with Crippen LogP contribution >= 0.6 is 0 Å². The Morgan fingerprint density at radius 3 is 2.50 bits per heavy atom. The van der Waals surface area contributed by atoms with Crippen molar-refractivity contribution in [3.8, 4) is 12.3 Å². The van der Waals surface area contributed by atoms with Crippen LogP contribution in [0.25, 0.3) is 10.9 Å². The molecule has 0 radical (unpaired) electrons. The maximum atomic E-state index is 13.5. The molecule has 3 saturated heterocycles. The summed E-state index contributed by atoms with van der Waals surface area (Å²) >= 11 is 0. The van der Waals surface area contributed by atoms with Gasteiger partial charge in [0.2, 0.25) is 11.9 Å². The normalized spacial score (nSPS) is 19.3. The lowest BCUT2D eigenvalue weighted by atomic mass is 9.89. The van der Waals surface area contributed by atoms with Crippen molar-refractivity contribution in [2.24, 2.45) is 7.05 Å². The Bertz CT molecular complexity index is 1890. The van der Waals surface area contributed by atoms with Crippen molar-refractivity contribution in [1.29, 1.82) is 0 Å². The Labute approximate surface area is 282 Å². The minimum absolute atomic E-state index is 0.226. The zero-order valence-corrected chi connectivity index (χ0v) is 27.8. The number of fused-ring (bicyclic) bond motifs is 1. The summed E-state index contributed by atoms with van der Waals surface area (Å²) in [6.07, 6.45) is 12.7. The summed E-state index contributed by atoms with van der Waals surface area (Å²) in [5, 5.41) is 11.3. The predicted molar refractivity (Wildman–Crippen MR) is 185 cm³/mol. The Morgan fingerprint density at radius 1 is 1.00 bits per heavy atom. The number of aryl methyl sites for hydroxylation is 1. The molecule has 2 aromatic heterocycles. The van der Waals surface area contributed by atoms with Crippen LogP contribution in [0.5, 0.6) is 0 Å². The van der Waals surface area contributed by atoms with E-state index in [1.54, 1.807) is 17.3 Å². The number of nitrogens with zero attached hydrogens (tertiary/aromatic N) is 7. The molecule has 0 aliphatic carbocycles. The van der Waals surface area contributed by atoms with E-state index < -0.39 is 17.0 Å². The van der Waals surface area contributed by atoms with Crippen LogP contribution in [0, 0.1) is 12.3 Å². The second-order valence-corrected chi connectivity index (χ2v) is 14.2. The van der Waals surface area contributed by atoms with E-state index in [1.807, 2.05) is 23.9 Å². The number of piperidine rings is 2. The van der Waals surface area contributed by atoms with Gasteiger partial charge in [-0.25, -0.2) is 23.3 Å². The molecule has 0 bridgehead atoms. The number of imide groups is 1. The van der Waals surface area contributed by atoms with Crippen molar-refractivity contribution in [2.45, 2.75) is 55.5 Å². The summed E-state index contributed by atoms with van der Waals surface area (Å²) in [6.45, 7) is 4.56. The minimum Gasteiger partial charge on any atom is -0.351 e. The molecule has 0 spiro atoms. The fourth-order valence-electron chi connectivity index (χ4n) is 6.88. The quantitative estimate of drug-likeness (QED) is 0.273. The molecule has 3 fully saturated rings. The van der Waals surface area contributed by atoms with E-state index in [9.17, 15) is 13.8 Å². The number of hydrogen-bond acceptors (Lipinski definition) is 8. The maximum absolute atomic E-state index is 13.5. The fourth-order valence-corrected chi connectivity index (χ4v) is 8.17. The Hall–Kier alpha value is -4.64. The third-order valence-corrected chi connectivity index (χ3v) is 11.1. The molecule has 4 aromatic rings. The molecule has 3 aliphatic rings. The second-order valence-electron chi connectivity index (χ2n) is 12.7. The average Bonchev–Trinajstić information content (AvgIpc) is 3.44. The van der Waals surface area contributed by atoms with Gasteiger partial charge in [-0.05, 0) is 80.1 Å². The Balaban J connectivity index is 0.920. The molecule has 0 saturated carbocycles. The number of hydrogen-bond donors (Lipinski definition) is 2. The van der Waals surface area contributed by atoms with Crippen molar-refractivity contribution in [2.75, 3.05) is 42.9 Å². The molecule has 13 heteroatoms. The number of rotatable bonds is 8. The number of carbonyl (C=O) groups excluding carboxylic acids is 2. The first kappa shape index (κ1) is 31.9. The van der Waals surface area contributed by atoms with Crippen LogP contribution in [0.1, 0.15) is 54.7 Å². The first-order valence-electron chi connectivity index (χ1n) is 16.5. The second kappa shape index (κ2) is 13.8. The highest BCUT2D eigenvalue weighted by Crippen LogP contribution is 2.34. The van der Waals surface area contributed by atoms with Gasteiger partial charge in [-0.2, -0.15) is 5.10 Å². The summed E-state index contributed by atoms with van der Waals surface area (Å²) < 4.78 is 17.4. The maximum Gasteiger partial charge on any atom is 0.329 e. The molecule has 12 nitrogen and oxygen atoms in total. The molecule has 48 heavy (non-hydrogen) atoms. The average molecular weight is 666 g/mol. The number of carbonyl (C=O) groups is 2. The van der Waals surface area contributed by atoms with Gasteiger partial charge in [-0.15, -0.1) is 6.42 Å². The topological polar surface area (TPSA) is 129 Å². The number of terminal acetylenes is 1. The molecular weight excluding hydrogens is 627 g/mol. The lowest BCUT2D eigenvalue weighted by Gasteiger charge is -2.33. The van der Waals surface area contributed by atoms with Gasteiger partial charge in [0, 0.05) is 63.5 Å². The van der Waals surface area contributed by atoms with Crippen LogP contribution in [0.4, 0.5) is 16.6 Å². The Morgan fingerprint density at radius 2 is 1.77 bits per heavy atom. The SMILES string of the molecule is C#Cc1cnc(NC2CCN(S(=O)c3cccc(CN4CCC(c5ccc6c(N7CCC(=O)NC7=O)nn(C)c6c5)CC4)c3)CC2)nc1. The smallest absolute Gasteiger partial charge is 0.329 e. The van der Waals surface area contributed by atoms with E-state index in [4.69, 9.17) is 6.42 Å². The van der Waals surface area contributed by atoms with Crippen molar-refractivity contribution < 1.29 is 13.8 Å². The molecule has 3 aliphatic heterocycles. The lowest BCUT2D eigenvalue weighted by Crippen LogP contribution is -2.49. The van der Waals surface area contributed by atoms with Crippen LogP contribution in [0.2, 0.25) is 0 Å². The van der Waals surface area contributed by atoms with Gasteiger partial charge in [0.1, 0.15) is 11.0 Å². The number of urea groups is 1. The highest BCUT2D eigenvalue weighted by Gasteiger charge is 2.29. The number of aromatic nitrogens is 4. The van der Waals surface area contributed by atoms with E-state index in [1.165, 1.54) is 11.1 Å². The van der Waals surface area contributed by atoms with Gasteiger partial charge < -0.3 is 5.32 Å². The Kier molecular flexibility index (Phi) is 9.21. The number of nitrogens with one attached hydrogen (secondary N) is 2. The molecule has 7 rings (SSSR count). The summed E-state index contributed by atoms with van der Waals surface area (Å²) in [5.41, 5.74) is 4.08. The van der Waals surface area contributed by atoms with Crippen molar-refractivity contribution in [3.63, 3.8) is 0 Å².